The number of rotatable bonds is 7. The van der Waals surface area contributed by atoms with Crippen molar-refractivity contribution in [3.05, 3.63) is 70.5 Å². The molecule has 1 aliphatic carbocycles. The fourth-order valence-electron chi connectivity index (χ4n) is 3.19. The summed E-state index contributed by atoms with van der Waals surface area (Å²) in [5, 5.41) is 3.94. The van der Waals surface area contributed by atoms with Gasteiger partial charge in [0.15, 0.2) is 5.16 Å². The van der Waals surface area contributed by atoms with Gasteiger partial charge in [-0.1, -0.05) is 54.2 Å². The van der Waals surface area contributed by atoms with Gasteiger partial charge in [-0.25, -0.2) is 4.98 Å². The number of hydrogen-bond acceptors (Lipinski definition) is 4. The Balaban J connectivity index is 1.47. The molecule has 4 rings (SSSR count). The van der Waals surface area contributed by atoms with Crippen LogP contribution in [0.4, 0.5) is 0 Å². The topological polar surface area (TPSA) is 64.0 Å². The number of aromatic nitrogens is 2. The highest BCUT2D eigenvalue weighted by molar-refractivity contribution is 8.00. The molecule has 2 aromatic carbocycles. The molecule has 5 nitrogen and oxygen atoms in total. The Morgan fingerprint density at radius 3 is 2.64 bits per heavy atom. The van der Waals surface area contributed by atoms with Gasteiger partial charge < -0.3 is 5.32 Å². The molecule has 6 heteroatoms. The third-order valence-electron chi connectivity index (χ3n) is 4.89. The summed E-state index contributed by atoms with van der Waals surface area (Å²) < 4.78 is 1.78. The summed E-state index contributed by atoms with van der Waals surface area (Å²) in [6.07, 6.45) is 2.78. The van der Waals surface area contributed by atoms with Gasteiger partial charge in [0.05, 0.1) is 16.2 Å². The maximum Gasteiger partial charge on any atom is 0.262 e. The molecule has 1 aliphatic rings. The Morgan fingerprint density at radius 2 is 1.89 bits per heavy atom. The van der Waals surface area contributed by atoms with Crippen molar-refractivity contribution < 1.29 is 4.79 Å². The lowest BCUT2D eigenvalue weighted by atomic mass is 10.1. The average molecular weight is 394 g/mol. The van der Waals surface area contributed by atoms with E-state index in [1.165, 1.54) is 17.3 Å². The second kappa shape index (κ2) is 8.19. The van der Waals surface area contributed by atoms with Crippen molar-refractivity contribution in [3.8, 4) is 0 Å². The number of nitrogens with zero attached hydrogens (tertiary/aromatic N) is 2. The molecule has 1 heterocycles. The van der Waals surface area contributed by atoms with Gasteiger partial charge in [0.1, 0.15) is 0 Å². The number of carbonyl (C=O) groups is 1. The van der Waals surface area contributed by atoms with E-state index in [9.17, 15) is 9.59 Å². The highest BCUT2D eigenvalue weighted by Crippen LogP contribution is 2.37. The largest absolute Gasteiger partial charge is 0.355 e. The van der Waals surface area contributed by atoms with Gasteiger partial charge in [-0.15, -0.1) is 0 Å². The van der Waals surface area contributed by atoms with E-state index < -0.39 is 0 Å². The first-order chi connectivity index (χ1) is 13.6. The van der Waals surface area contributed by atoms with E-state index in [1.807, 2.05) is 49.4 Å². The van der Waals surface area contributed by atoms with Crippen LogP contribution in [-0.4, -0.2) is 27.3 Å². The first-order valence-corrected chi connectivity index (χ1v) is 10.5. The molecule has 0 aliphatic heterocycles. The zero-order valence-electron chi connectivity index (χ0n) is 15.8. The predicted molar refractivity (Wildman–Crippen MR) is 113 cm³/mol. The summed E-state index contributed by atoms with van der Waals surface area (Å²) in [6, 6.07) is 17.7. The number of amides is 1. The van der Waals surface area contributed by atoms with E-state index in [2.05, 4.69) is 17.4 Å². The van der Waals surface area contributed by atoms with E-state index in [4.69, 9.17) is 4.98 Å². The molecule has 1 aromatic heterocycles. The molecule has 0 spiro atoms. The van der Waals surface area contributed by atoms with E-state index >= 15 is 0 Å². The minimum atomic E-state index is -0.325. The van der Waals surface area contributed by atoms with Crippen LogP contribution in [-0.2, 0) is 11.2 Å². The maximum absolute atomic E-state index is 12.9. The minimum absolute atomic E-state index is 0.00714. The van der Waals surface area contributed by atoms with Gasteiger partial charge >= 0.3 is 0 Å². The Labute approximate surface area is 168 Å². The van der Waals surface area contributed by atoms with Crippen LogP contribution >= 0.6 is 11.8 Å². The highest BCUT2D eigenvalue weighted by Gasteiger charge is 2.29. The summed E-state index contributed by atoms with van der Waals surface area (Å²) >= 11 is 1.36. The number of nitrogens with one attached hydrogen (secondary N) is 1. The smallest absolute Gasteiger partial charge is 0.262 e. The molecule has 1 amide bonds. The monoisotopic (exact) mass is 393 g/mol. The zero-order valence-corrected chi connectivity index (χ0v) is 16.6. The van der Waals surface area contributed by atoms with Crippen molar-refractivity contribution in [2.24, 2.45) is 0 Å². The molecular weight excluding hydrogens is 370 g/mol. The lowest BCUT2D eigenvalue weighted by molar-refractivity contribution is -0.120. The fraction of sp³-hybridized carbons (Fsp3) is 0.318. The van der Waals surface area contributed by atoms with Crippen molar-refractivity contribution in [2.75, 3.05) is 6.54 Å². The standard InChI is InChI=1S/C22H23N3O2S/c1-15(20(26)23-14-13-16-7-3-2-4-8-16)28-22-24-19-10-6-5-9-18(19)21(27)25(22)17-11-12-17/h2-10,15,17H,11-14H2,1H3,(H,23,26). The first kappa shape index (κ1) is 18.7. The number of para-hydroxylation sites is 1. The number of fused-ring (bicyclic) bond motifs is 1. The summed E-state index contributed by atoms with van der Waals surface area (Å²) in [7, 11) is 0. The SMILES string of the molecule is CC(Sc1nc2ccccc2c(=O)n1C1CC1)C(=O)NCCc1ccccc1. The van der Waals surface area contributed by atoms with Crippen LogP contribution in [0.3, 0.4) is 0 Å². The normalized spacial score (nSPS) is 14.8. The molecular formula is C22H23N3O2S. The van der Waals surface area contributed by atoms with Crippen molar-refractivity contribution in [1.82, 2.24) is 14.9 Å². The van der Waals surface area contributed by atoms with Gasteiger partial charge in [-0.05, 0) is 43.9 Å². The van der Waals surface area contributed by atoms with E-state index in [1.54, 1.807) is 4.57 Å². The molecule has 1 unspecified atom stereocenters. The lowest BCUT2D eigenvalue weighted by Crippen LogP contribution is -2.33. The minimum Gasteiger partial charge on any atom is -0.355 e. The number of hydrogen-bond donors (Lipinski definition) is 1. The van der Waals surface area contributed by atoms with E-state index in [0.717, 1.165) is 19.3 Å². The fourth-order valence-corrected chi connectivity index (χ4v) is 4.20. The van der Waals surface area contributed by atoms with Crippen LogP contribution < -0.4 is 10.9 Å². The van der Waals surface area contributed by atoms with Crippen LogP contribution in [0.1, 0.15) is 31.4 Å². The second-order valence-electron chi connectivity index (χ2n) is 7.10. The van der Waals surface area contributed by atoms with Crippen LogP contribution in [0, 0.1) is 0 Å². The highest BCUT2D eigenvalue weighted by atomic mass is 32.2. The molecule has 1 saturated carbocycles. The van der Waals surface area contributed by atoms with E-state index in [-0.39, 0.29) is 22.8 Å². The van der Waals surface area contributed by atoms with Gasteiger partial charge in [0.25, 0.3) is 5.56 Å². The number of carbonyl (C=O) groups excluding carboxylic acids is 1. The Morgan fingerprint density at radius 1 is 1.18 bits per heavy atom. The lowest BCUT2D eigenvalue weighted by Gasteiger charge is -2.16. The van der Waals surface area contributed by atoms with Crippen molar-refractivity contribution in [2.45, 2.75) is 42.6 Å². The molecule has 3 aromatic rings. The molecule has 0 radical (unpaired) electrons. The second-order valence-corrected chi connectivity index (χ2v) is 8.41. The number of thioether (sulfide) groups is 1. The van der Waals surface area contributed by atoms with E-state index in [0.29, 0.717) is 22.6 Å². The molecule has 1 fully saturated rings. The molecule has 1 N–H and O–H groups in total. The molecule has 0 saturated heterocycles. The van der Waals surface area contributed by atoms with Gasteiger partial charge in [0.2, 0.25) is 5.91 Å². The van der Waals surface area contributed by atoms with Gasteiger partial charge in [-0.3, -0.25) is 14.2 Å². The van der Waals surface area contributed by atoms with Crippen molar-refractivity contribution >= 4 is 28.6 Å². The molecule has 1 atom stereocenters. The summed E-state index contributed by atoms with van der Waals surface area (Å²) in [4.78, 5) is 30.1. The third kappa shape index (κ3) is 4.12. The number of benzene rings is 2. The van der Waals surface area contributed by atoms with Gasteiger partial charge in [-0.2, -0.15) is 0 Å². The Bertz CT molecular complexity index is 1040. The quantitative estimate of drug-likeness (QED) is 0.492. The summed E-state index contributed by atoms with van der Waals surface area (Å²) in [5.41, 5.74) is 1.87. The maximum atomic E-state index is 12.9. The summed E-state index contributed by atoms with van der Waals surface area (Å²) in [6.45, 7) is 2.45. The zero-order chi connectivity index (χ0) is 19.5. The first-order valence-electron chi connectivity index (χ1n) is 9.63. The van der Waals surface area contributed by atoms with Crippen LogP contribution in [0.15, 0.2) is 64.5 Å². The van der Waals surface area contributed by atoms with Crippen molar-refractivity contribution in [3.63, 3.8) is 0 Å². The van der Waals surface area contributed by atoms with Crippen LogP contribution in [0.2, 0.25) is 0 Å². The molecule has 0 bridgehead atoms. The summed E-state index contributed by atoms with van der Waals surface area (Å²) in [5.74, 6) is -0.0364. The Kier molecular flexibility index (Phi) is 5.48. The third-order valence-corrected chi connectivity index (χ3v) is 5.96. The predicted octanol–water partition coefficient (Wildman–Crippen LogP) is 3.57. The Hall–Kier alpha value is -2.60. The molecule has 28 heavy (non-hydrogen) atoms. The van der Waals surface area contributed by atoms with Crippen LogP contribution in [0.5, 0.6) is 0 Å². The van der Waals surface area contributed by atoms with Crippen molar-refractivity contribution in [1.29, 1.82) is 0 Å². The molecule has 144 valence electrons. The van der Waals surface area contributed by atoms with Crippen LogP contribution in [0.25, 0.3) is 10.9 Å². The average Bonchev–Trinajstić information content (AvgIpc) is 3.54. The van der Waals surface area contributed by atoms with Gasteiger partial charge in [0, 0.05) is 12.6 Å².